The Bertz CT molecular complexity index is 623. The lowest BCUT2D eigenvalue weighted by molar-refractivity contribution is 0.400. The lowest BCUT2D eigenvalue weighted by atomic mass is 9.86. The van der Waals surface area contributed by atoms with Crippen LogP contribution in [0.1, 0.15) is 33.9 Å². The van der Waals surface area contributed by atoms with Crippen LogP contribution in [0.5, 0.6) is 5.75 Å². The average Bonchev–Trinajstić information content (AvgIpc) is 2.49. The van der Waals surface area contributed by atoms with Crippen LogP contribution in [0.4, 0.5) is 0 Å². The van der Waals surface area contributed by atoms with Crippen LogP contribution in [-0.2, 0) is 6.42 Å². The molecule has 1 aliphatic rings. The van der Waals surface area contributed by atoms with Crippen LogP contribution in [0.3, 0.4) is 0 Å². The Kier molecular flexibility index (Phi) is 3.45. The van der Waals surface area contributed by atoms with Gasteiger partial charge in [-0.3, -0.25) is 4.98 Å². The molecule has 1 aromatic carbocycles. The van der Waals surface area contributed by atoms with Crippen molar-refractivity contribution in [3.8, 4) is 5.75 Å². The zero-order valence-electron chi connectivity index (χ0n) is 12.2. The minimum absolute atomic E-state index is 0.209. The van der Waals surface area contributed by atoms with Gasteiger partial charge < -0.3 is 10.1 Å². The Morgan fingerprint density at radius 3 is 2.90 bits per heavy atom. The number of rotatable bonds is 2. The van der Waals surface area contributed by atoms with Gasteiger partial charge in [-0.1, -0.05) is 12.1 Å². The highest BCUT2D eigenvalue weighted by Gasteiger charge is 2.25. The summed E-state index contributed by atoms with van der Waals surface area (Å²) in [6, 6.07) is 6.61. The molecule has 1 aliphatic heterocycles. The highest BCUT2D eigenvalue weighted by atomic mass is 16.5. The van der Waals surface area contributed by atoms with E-state index in [-0.39, 0.29) is 6.04 Å². The molecule has 3 nitrogen and oxygen atoms in total. The fourth-order valence-electron chi connectivity index (χ4n) is 3.05. The Morgan fingerprint density at radius 2 is 2.20 bits per heavy atom. The van der Waals surface area contributed by atoms with Crippen LogP contribution >= 0.6 is 0 Å². The maximum Gasteiger partial charge on any atom is 0.125 e. The number of hydrogen-bond acceptors (Lipinski definition) is 3. The standard InChI is InChI=1S/C17H20N2O/c1-11-9-15-14(17(20-3)12(11)2)6-8-19-16(15)13-5-4-7-18-10-13/h4-5,7,9-10,16,19H,6,8H2,1-3H3. The van der Waals surface area contributed by atoms with Gasteiger partial charge in [-0.2, -0.15) is 0 Å². The first kappa shape index (κ1) is 13.1. The molecule has 3 rings (SSSR count). The lowest BCUT2D eigenvalue weighted by Crippen LogP contribution is -2.31. The van der Waals surface area contributed by atoms with Crippen molar-refractivity contribution in [3.05, 3.63) is 58.4 Å². The van der Waals surface area contributed by atoms with Crippen molar-refractivity contribution in [1.29, 1.82) is 0 Å². The third-order valence-electron chi connectivity index (χ3n) is 4.18. The van der Waals surface area contributed by atoms with Gasteiger partial charge in [0.1, 0.15) is 5.75 Å². The van der Waals surface area contributed by atoms with Gasteiger partial charge in [0.05, 0.1) is 13.2 Å². The van der Waals surface area contributed by atoms with E-state index in [1.165, 1.54) is 27.8 Å². The van der Waals surface area contributed by atoms with Gasteiger partial charge in [-0.15, -0.1) is 0 Å². The van der Waals surface area contributed by atoms with Gasteiger partial charge in [0.15, 0.2) is 0 Å². The smallest absolute Gasteiger partial charge is 0.125 e. The molecule has 0 saturated carbocycles. The molecule has 3 heteroatoms. The highest BCUT2D eigenvalue weighted by Crippen LogP contribution is 2.37. The van der Waals surface area contributed by atoms with Crippen molar-refractivity contribution in [2.24, 2.45) is 0 Å². The Morgan fingerprint density at radius 1 is 1.35 bits per heavy atom. The van der Waals surface area contributed by atoms with Crippen LogP contribution in [0, 0.1) is 13.8 Å². The van der Waals surface area contributed by atoms with Crippen molar-refractivity contribution in [3.63, 3.8) is 0 Å². The molecule has 2 aromatic rings. The minimum atomic E-state index is 0.209. The van der Waals surface area contributed by atoms with Gasteiger partial charge in [0.2, 0.25) is 0 Å². The summed E-state index contributed by atoms with van der Waals surface area (Å²) < 4.78 is 5.67. The van der Waals surface area contributed by atoms with Crippen molar-refractivity contribution in [2.45, 2.75) is 26.3 Å². The van der Waals surface area contributed by atoms with Gasteiger partial charge in [-0.25, -0.2) is 0 Å². The largest absolute Gasteiger partial charge is 0.496 e. The molecule has 0 fully saturated rings. The van der Waals surface area contributed by atoms with E-state index in [1.54, 1.807) is 7.11 Å². The lowest BCUT2D eigenvalue weighted by Gasteiger charge is -2.30. The zero-order valence-corrected chi connectivity index (χ0v) is 12.2. The second-order valence-electron chi connectivity index (χ2n) is 5.34. The summed E-state index contributed by atoms with van der Waals surface area (Å²) in [5.41, 5.74) is 6.39. The van der Waals surface area contributed by atoms with Crippen LogP contribution in [-0.4, -0.2) is 18.6 Å². The third kappa shape index (κ3) is 2.08. The number of benzene rings is 1. The van der Waals surface area contributed by atoms with Crippen molar-refractivity contribution >= 4 is 0 Å². The monoisotopic (exact) mass is 268 g/mol. The number of ether oxygens (including phenoxy) is 1. The van der Waals surface area contributed by atoms with E-state index in [0.717, 1.165) is 18.7 Å². The Hall–Kier alpha value is -1.87. The molecule has 0 radical (unpaired) electrons. The second-order valence-corrected chi connectivity index (χ2v) is 5.34. The second kappa shape index (κ2) is 5.25. The summed E-state index contributed by atoms with van der Waals surface area (Å²) in [7, 11) is 1.77. The molecule has 1 unspecified atom stereocenters. The molecule has 1 aromatic heterocycles. The Balaban J connectivity index is 2.16. The fraction of sp³-hybridized carbons (Fsp3) is 0.353. The van der Waals surface area contributed by atoms with Crippen LogP contribution in [0.25, 0.3) is 0 Å². The fourth-order valence-corrected chi connectivity index (χ4v) is 3.05. The highest BCUT2D eigenvalue weighted by molar-refractivity contribution is 5.53. The predicted molar refractivity (Wildman–Crippen MR) is 80.3 cm³/mol. The van der Waals surface area contributed by atoms with Gasteiger partial charge >= 0.3 is 0 Å². The molecule has 20 heavy (non-hydrogen) atoms. The van der Waals surface area contributed by atoms with Crippen LogP contribution in [0.2, 0.25) is 0 Å². The molecule has 0 bridgehead atoms. The van der Waals surface area contributed by atoms with E-state index in [2.05, 4.69) is 36.3 Å². The molecule has 0 aliphatic carbocycles. The summed E-state index contributed by atoms with van der Waals surface area (Å²) in [6.45, 7) is 5.24. The molecule has 104 valence electrons. The summed E-state index contributed by atoms with van der Waals surface area (Å²) in [4.78, 5) is 4.24. The molecule has 0 saturated heterocycles. The number of aryl methyl sites for hydroxylation is 1. The van der Waals surface area contributed by atoms with Crippen molar-refractivity contribution in [1.82, 2.24) is 10.3 Å². The first-order valence-corrected chi connectivity index (χ1v) is 7.02. The normalized spacial score (nSPS) is 17.6. The van der Waals surface area contributed by atoms with Crippen LogP contribution < -0.4 is 10.1 Å². The molecule has 0 amide bonds. The quantitative estimate of drug-likeness (QED) is 0.909. The molecule has 1 N–H and O–H groups in total. The molecular formula is C17H20N2O. The molecule has 1 atom stereocenters. The number of fused-ring (bicyclic) bond motifs is 1. The third-order valence-corrected chi connectivity index (χ3v) is 4.18. The summed E-state index contributed by atoms with van der Waals surface area (Å²) in [6.07, 6.45) is 4.76. The predicted octanol–water partition coefficient (Wildman–Crippen LogP) is 2.94. The number of pyridine rings is 1. The van der Waals surface area contributed by atoms with Crippen LogP contribution in [0.15, 0.2) is 30.6 Å². The topological polar surface area (TPSA) is 34.1 Å². The molecule has 2 heterocycles. The number of hydrogen-bond donors (Lipinski definition) is 1. The van der Waals surface area contributed by atoms with E-state index in [0.29, 0.717) is 0 Å². The maximum absolute atomic E-state index is 5.67. The summed E-state index contributed by atoms with van der Waals surface area (Å²) in [5, 5.41) is 3.59. The summed E-state index contributed by atoms with van der Waals surface area (Å²) >= 11 is 0. The summed E-state index contributed by atoms with van der Waals surface area (Å²) in [5.74, 6) is 1.05. The number of aromatic nitrogens is 1. The van der Waals surface area contributed by atoms with E-state index >= 15 is 0 Å². The van der Waals surface area contributed by atoms with Crippen molar-refractivity contribution in [2.75, 3.05) is 13.7 Å². The SMILES string of the molecule is COc1c(C)c(C)cc2c1CCNC2c1cccnc1. The number of nitrogens with one attached hydrogen (secondary N) is 1. The van der Waals surface area contributed by atoms with E-state index in [9.17, 15) is 0 Å². The molecular weight excluding hydrogens is 248 g/mol. The first-order chi connectivity index (χ1) is 9.72. The number of nitrogens with zero attached hydrogens (tertiary/aromatic N) is 1. The average molecular weight is 268 g/mol. The van der Waals surface area contributed by atoms with Gasteiger partial charge in [0.25, 0.3) is 0 Å². The number of methoxy groups -OCH3 is 1. The van der Waals surface area contributed by atoms with E-state index in [1.807, 2.05) is 18.5 Å². The van der Waals surface area contributed by atoms with Gasteiger partial charge in [0, 0.05) is 24.5 Å². The Labute approximate surface area is 120 Å². The molecule has 0 spiro atoms. The van der Waals surface area contributed by atoms with Crippen molar-refractivity contribution < 1.29 is 4.74 Å². The first-order valence-electron chi connectivity index (χ1n) is 7.02. The van der Waals surface area contributed by atoms with E-state index in [4.69, 9.17) is 4.74 Å². The zero-order chi connectivity index (χ0) is 14.1. The maximum atomic E-state index is 5.67. The van der Waals surface area contributed by atoms with Gasteiger partial charge in [-0.05, 0) is 48.6 Å². The van der Waals surface area contributed by atoms with E-state index < -0.39 is 0 Å². The minimum Gasteiger partial charge on any atom is -0.496 e.